The molecule has 0 atom stereocenters. The lowest BCUT2D eigenvalue weighted by atomic mass is 10.1. The van der Waals surface area contributed by atoms with Crippen molar-refractivity contribution in [1.29, 1.82) is 0 Å². The molecule has 3 rings (SSSR count). The third kappa shape index (κ3) is 5.75. The zero-order valence-corrected chi connectivity index (χ0v) is 17.6. The zero-order valence-electron chi connectivity index (χ0n) is 16.1. The Morgan fingerprint density at radius 2 is 1.80 bits per heavy atom. The molecule has 0 aliphatic heterocycles. The van der Waals surface area contributed by atoms with Crippen LogP contribution >= 0.6 is 23.2 Å². The first-order valence-corrected chi connectivity index (χ1v) is 9.87. The molecule has 0 aliphatic rings. The van der Waals surface area contributed by atoms with Crippen LogP contribution in [0.5, 0.6) is 5.75 Å². The number of aliphatic carboxylic acids is 1. The van der Waals surface area contributed by atoms with E-state index in [9.17, 15) is 9.59 Å². The van der Waals surface area contributed by atoms with Crippen LogP contribution in [0.15, 0.2) is 60.7 Å². The maximum atomic E-state index is 12.8. The fourth-order valence-electron chi connectivity index (χ4n) is 2.90. The van der Waals surface area contributed by atoms with Gasteiger partial charge in [0, 0.05) is 10.7 Å². The van der Waals surface area contributed by atoms with Crippen LogP contribution in [0.3, 0.4) is 0 Å². The van der Waals surface area contributed by atoms with E-state index in [1.807, 2.05) is 18.2 Å². The molecular formula is C23H19Cl2NO4. The van der Waals surface area contributed by atoms with Gasteiger partial charge in [-0.1, -0.05) is 47.5 Å². The van der Waals surface area contributed by atoms with Crippen LogP contribution in [0.2, 0.25) is 10.0 Å². The Balaban J connectivity index is 1.72. The molecule has 0 spiro atoms. The molecule has 30 heavy (non-hydrogen) atoms. The lowest BCUT2D eigenvalue weighted by Gasteiger charge is -2.12. The van der Waals surface area contributed by atoms with Crippen LogP contribution in [-0.2, 0) is 17.8 Å². The van der Waals surface area contributed by atoms with Crippen LogP contribution in [0, 0.1) is 6.92 Å². The molecule has 0 saturated heterocycles. The van der Waals surface area contributed by atoms with E-state index in [-0.39, 0.29) is 17.9 Å². The van der Waals surface area contributed by atoms with Gasteiger partial charge in [-0.15, -0.1) is 0 Å². The Morgan fingerprint density at radius 3 is 2.50 bits per heavy atom. The van der Waals surface area contributed by atoms with E-state index in [0.717, 1.165) is 11.1 Å². The maximum absolute atomic E-state index is 12.8. The van der Waals surface area contributed by atoms with E-state index in [4.69, 9.17) is 33.0 Å². The summed E-state index contributed by atoms with van der Waals surface area (Å²) in [6.45, 7) is 2.10. The predicted molar refractivity (Wildman–Crippen MR) is 118 cm³/mol. The quantitative estimate of drug-likeness (QED) is 0.486. The van der Waals surface area contributed by atoms with Crippen molar-refractivity contribution in [2.45, 2.75) is 20.0 Å². The third-order valence-electron chi connectivity index (χ3n) is 4.37. The highest BCUT2D eigenvalue weighted by Gasteiger charge is 2.14. The number of ether oxygens (including phenoxy) is 1. The van der Waals surface area contributed by atoms with E-state index in [1.165, 1.54) is 0 Å². The number of carbonyl (C=O) groups is 2. The molecule has 0 unspecified atom stereocenters. The first-order valence-electron chi connectivity index (χ1n) is 9.11. The number of anilines is 1. The number of rotatable bonds is 7. The Labute approximate surface area is 184 Å². The number of carbonyl (C=O) groups excluding carboxylic acids is 1. The summed E-state index contributed by atoms with van der Waals surface area (Å²) in [5, 5.41) is 12.6. The van der Waals surface area contributed by atoms with Gasteiger partial charge in [0.1, 0.15) is 12.4 Å². The first-order chi connectivity index (χ1) is 14.3. The lowest BCUT2D eigenvalue weighted by molar-refractivity contribution is -0.136. The minimum absolute atomic E-state index is 0.0765. The highest BCUT2D eigenvalue weighted by Crippen LogP contribution is 2.25. The molecule has 0 heterocycles. The topological polar surface area (TPSA) is 75.6 Å². The number of carboxylic acid groups (broad SMARTS) is 1. The van der Waals surface area contributed by atoms with Gasteiger partial charge in [-0.05, 0) is 60.0 Å². The highest BCUT2D eigenvalue weighted by atomic mass is 35.5. The number of hydrogen-bond acceptors (Lipinski definition) is 3. The Kier molecular flexibility index (Phi) is 6.98. The number of hydrogen-bond donors (Lipinski definition) is 2. The van der Waals surface area contributed by atoms with Crippen molar-refractivity contribution in [3.63, 3.8) is 0 Å². The van der Waals surface area contributed by atoms with Crippen molar-refractivity contribution >= 4 is 40.8 Å². The fourth-order valence-corrected chi connectivity index (χ4v) is 3.32. The Hall–Kier alpha value is -3.02. The normalized spacial score (nSPS) is 10.5. The molecule has 7 heteroatoms. The monoisotopic (exact) mass is 443 g/mol. The fraction of sp³-hybridized carbons (Fsp3) is 0.130. The van der Waals surface area contributed by atoms with Gasteiger partial charge in [0.25, 0.3) is 5.91 Å². The number of amides is 1. The molecule has 0 saturated carbocycles. The second-order valence-corrected chi connectivity index (χ2v) is 7.58. The van der Waals surface area contributed by atoms with Crippen LogP contribution < -0.4 is 10.1 Å². The van der Waals surface area contributed by atoms with Gasteiger partial charge in [0.2, 0.25) is 0 Å². The molecular weight excluding hydrogens is 425 g/mol. The molecule has 1 amide bonds. The number of benzene rings is 3. The van der Waals surface area contributed by atoms with E-state index in [2.05, 4.69) is 5.32 Å². The predicted octanol–water partition coefficient (Wildman–Crippen LogP) is 5.76. The molecule has 2 N–H and O–H groups in total. The summed E-state index contributed by atoms with van der Waals surface area (Å²) in [5.41, 5.74) is 3.17. The minimum atomic E-state index is -0.910. The molecule has 0 aromatic heterocycles. The minimum Gasteiger partial charge on any atom is -0.489 e. The molecule has 0 aliphatic carbocycles. The third-order valence-corrected chi connectivity index (χ3v) is 4.94. The SMILES string of the molecule is Cc1cc(CC(=O)O)ccc1NC(=O)c1cc(OCc2cccc(Cl)c2)ccc1Cl. The van der Waals surface area contributed by atoms with Crippen molar-refractivity contribution in [3.05, 3.63) is 93.0 Å². The summed E-state index contributed by atoms with van der Waals surface area (Å²) < 4.78 is 5.77. The van der Waals surface area contributed by atoms with Crippen molar-refractivity contribution in [1.82, 2.24) is 0 Å². The van der Waals surface area contributed by atoms with Gasteiger partial charge in [0.05, 0.1) is 17.0 Å². The molecule has 0 bridgehead atoms. The zero-order chi connectivity index (χ0) is 21.7. The van der Waals surface area contributed by atoms with Gasteiger partial charge in [0.15, 0.2) is 0 Å². The summed E-state index contributed by atoms with van der Waals surface area (Å²) in [4.78, 5) is 23.6. The van der Waals surface area contributed by atoms with Gasteiger partial charge in [-0.2, -0.15) is 0 Å². The second-order valence-electron chi connectivity index (χ2n) is 6.73. The number of carboxylic acids is 1. The van der Waals surface area contributed by atoms with Crippen LogP contribution in [-0.4, -0.2) is 17.0 Å². The van der Waals surface area contributed by atoms with Crippen molar-refractivity contribution < 1.29 is 19.4 Å². The van der Waals surface area contributed by atoms with Crippen molar-refractivity contribution in [2.24, 2.45) is 0 Å². The van der Waals surface area contributed by atoms with Gasteiger partial charge < -0.3 is 15.2 Å². The van der Waals surface area contributed by atoms with Crippen LogP contribution in [0.4, 0.5) is 5.69 Å². The molecule has 3 aromatic rings. The number of aryl methyl sites for hydroxylation is 1. The van der Waals surface area contributed by atoms with Gasteiger partial charge in [-0.3, -0.25) is 9.59 Å². The molecule has 154 valence electrons. The first kappa shape index (κ1) is 21.7. The summed E-state index contributed by atoms with van der Waals surface area (Å²) in [5.74, 6) is -0.798. The second kappa shape index (κ2) is 9.65. The molecule has 5 nitrogen and oxygen atoms in total. The maximum Gasteiger partial charge on any atom is 0.307 e. The summed E-state index contributed by atoms with van der Waals surface area (Å²) >= 11 is 12.2. The number of nitrogens with one attached hydrogen (secondary N) is 1. The van der Waals surface area contributed by atoms with Crippen molar-refractivity contribution in [3.8, 4) is 5.75 Å². The lowest BCUT2D eigenvalue weighted by Crippen LogP contribution is -2.14. The summed E-state index contributed by atoms with van der Waals surface area (Å²) in [7, 11) is 0. The summed E-state index contributed by atoms with van der Waals surface area (Å²) in [6, 6.07) is 17.3. The Bertz CT molecular complexity index is 1100. The van der Waals surface area contributed by atoms with E-state index < -0.39 is 5.97 Å². The van der Waals surface area contributed by atoms with Gasteiger partial charge >= 0.3 is 5.97 Å². The van der Waals surface area contributed by atoms with E-state index in [1.54, 1.807) is 49.4 Å². The van der Waals surface area contributed by atoms with Crippen LogP contribution in [0.25, 0.3) is 0 Å². The highest BCUT2D eigenvalue weighted by molar-refractivity contribution is 6.34. The van der Waals surface area contributed by atoms with E-state index in [0.29, 0.717) is 33.7 Å². The molecule has 3 aromatic carbocycles. The number of halogens is 2. The average molecular weight is 444 g/mol. The Morgan fingerprint density at radius 1 is 1.00 bits per heavy atom. The summed E-state index contributed by atoms with van der Waals surface area (Å²) in [6.07, 6.45) is -0.0765. The van der Waals surface area contributed by atoms with E-state index >= 15 is 0 Å². The largest absolute Gasteiger partial charge is 0.489 e. The van der Waals surface area contributed by atoms with Crippen LogP contribution in [0.1, 0.15) is 27.0 Å². The molecule has 0 fully saturated rings. The molecule has 0 radical (unpaired) electrons. The smallest absolute Gasteiger partial charge is 0.307 e. The van der Waals surface area contributed by atoms with Gasteiger partial charge in [-0.25, -0.2) is 0 Å². The average Bonchev–Trinajstić information content (AvgIpc) is 2.69. The standard InChI is InChI=1S/C23H19Cl2NO4/c1-14-9-15(11-22(27)28)5-8-21(14)26-23(29)19-12-18(6-7-20(19)25)30-13-16-3-2-4-17(24)10-16/h2-10,12H,11,13H2,1H3,(H,26,29)(H,27,28). The van der Waals surface area contributed by atoms with Crippen molar-refractivity contribution in [2.75, 3.05) is 5.32 Å².